The number of ether oxygens (including phenoxy) is 1. The molecule has 110 valence electrons. The number of rotatable bonds is 4. The van der Waals surface area contributed by atoms with Gasteiger partial charge >= 0.3 is 0 Å². The summed E-state index contributed by atoms with van der Waals surface area (Å²) >= 11 is 6.00. The quantitative estimate of drug-likeness (QED) is 0.795. The van der Waals surface area contributed by atoms with Gasteiger partial charge in [-0.05, 0) is 50.5 Å². The molecule has 1 amide bonds. The van der Waals surface area contributed by atoms with Crippen molar-refractivity contribution in [1.29, 1.82) is 0 Å². The van der Waals surface area contributed by atoms with Crippen molar-refractivity contribution in [3.63, 3.8) is 0 Å². The van der Waals surface area contributed by atoms with Gasteiger partial charge < -0.3 is 9.64 Å². The summed E-state index contributed by atoms with van der Waals surface area (Å²) in [5.41, 5.74) is 0.699. The minimum Gasteiger partial charge on any atom is -0.491 e. The lowest BCUT2D eigenvalue weighted by Gasteiger charge is -2.25. The summed E-state index contributed by atoms with van der Waals surface area (Å²) in [6.07, 6.45) is 1.16. The van der Waals surface area contributed by atoms with Crippen LogP contribution in [0.1, 0.15) is 37.6 Å². The molecular formula is C16H22ClNO2. The zero-order valence-corrected chi connectivity index (χ0v) is 13.1. The molecule has 20 heavy (non-hydrogen) atoms. The molecule has 3 nitrogen and oxygen atoms in total. The van der Waals surface area contributed by atoms with E-state index in [1.807, 2.05) is 43.0 Å². The van der Waals surface area contributed by atoms with Crippen molar-refractivity contribution in [2.24, 2.45) is 5.92 Å². The number of nitrogens with zero attached hydrogens (tertiary/aromatic N) is 1. The summed E-state index contributed by atoms with van der Waals surface area (Å²) in [5, 5.41) is 0. The molecule has 0 radical (unpaired) electrons. The molecule has 1 aliphatic rings. The smallest absolute Gasteiger partial charge is 0.254 e. The van der Waals surface area contributed by atoms with Crippen LogP contribution in [0, 0.1) is 5.92 Å². The molecule has 0 saturated carbocycles. The Morgan fingerprint density at radius 3 is 2.60 bits per heavy atom. The van der Waals surface area contributed by atoms with E-state index in [1.165, 1.54) is 0 Å². The second-order valence-corrected chi connectivity index (χ2v) is 5.99. The number of hydrogen-bond donors (Lipinski definition) is 0. The molecule has 1 saturated heterocycles. The van der Waals surface area contributed by atoms with Crippen molar-refractivity contribution in [3.05, 3.63) is 29.8 Å². The topological polar surface area (TPSA) is 29.5 Å². The van der Waals surface area contributed by atoms with Gasteiger partial charge in [-0.15, -0.1) is 11.6 Å². The monoisotopic (exact) mass is 295 g/mol. The van der Waals surface area contributed by atoms with E-state index >= 15 is 0 Å². The fourth-order valence-electron chi connectivity index (χ4n) is 2.61. The second-order valence-electron chi connectivity index (χ2n) is 5.68. The highest BCUT2D eigenvalue weighted by Crippen LogP contribution is 2.27. The number of carbonyl (C=O) groups is 1. The molecular weight excluding hydrogens is 274 g/mol. The van der Waals surface area contributed by atoms with Crippen LogP contribution in [0.15, 0.2) is 24.3 Å². The van der Waals surface area contributed by atoms with Gasteiger partial charge in [-0.25, -0.2) is 0 Å². The van der Waals surface area contributed by atoms with Crippen LogP contribution < -0.4 is 4.74 Å². The molecule has 0 N–H and O–H groups in total. The molecule has 0 bridgehead atoms. The van der Waals surface area contributed by atoms with Crippen LogP contribution in [-0.4, -0.2) is 35.4 Å². The van der Waals surface area contributed by atoms with Gasteiger partial charge in [0, 0.05) is 24.0 Å². The third kappa shape index (κ3) is 3.26. The largest absolute Gasteiger partial charge is 0.491 e. The van der Waals surface area contributed by atoms with Gasteiger partial charge in [-0.3, -0.25) is 4.79 Å². The zero-order chi connectivity index (χ0) is 14.7. The Balaban J connectivity index is 2.09. The molecule has 1 aromatic rings. The maximum atomic E-state index is 12.5. The van der Waals surface area contributed by atoms with Crippen molar-refractivity contribution in [3.8, 4) is 5.75 Å². The van der Waals surface area contributed by atoms with Crippen LogP contribution in [0.4, 0.5) is 0 Å². The lowest BCUT2D eigenvalue weighted by Crippen LogP contribution is -2.38. The fourth-order valence-corrected chi connectivity index (χ4v) is 3.08. The summed E-state index contributed by atoms with van der Waals surface area (Å²) in [4.78, 5) is 14.4. The minimum atomic E-state index is 0.0658. The summed E-state index contributed by atoms with van der Waals surface area (Å²) in [6.45, 7) is 6.91. The van der Waals surface area contributed by atoms with E-state index in [-0.39, 0.29) is 18.1 Å². The number of likely N-dealkylation sites (tertiary alicyclic amines) is 1. The first-order valence-corrected chi connectivity index (χ1v) is 7.70. The maximum absolute atomic E-state index is 12.5. The highest BCUT2D eigenvalue weighted by atomic mass is 35.5. The molecule has 2 rings (SSSR count). The predicted octanol–water partition coefficient (Wildman–Crippen LogP) is 3.56. The Morgan fingerprint density at radius 1 is 1.40 bits per heavy atom. The molecule has 4 heteroatoms. The number of carbonyl (C=O) groups excluding carboxylic acids is 1. The second kappa shape index (κ2) is 6.49. The van der Waals surface area contributed by atoms with Crippen molar-refractivity contribution in [2.45, 2.75) is 39.3 Å². The van der Waals surface area contributed by atoms with Crippen LogP contribution in [0.25, 0.3) is 0 Å². The normalized spacial score (nSPS) is 22.4. The van der Waals surface area contributed by atoms with Crippen molar-refractivity contribution in [1.82, 2.24) is 4.90 Å². The zero-order valence-electron chi connectivity index (χ0n) is 12.3. The van der Waals surface area contributed by atoms with Gasteiger partial charge in [-0.2, -0.15) is 0 Å². The van der Waals surface area contributed by atoms with E-state index in [0.29, 0.717) is 17.4 Å². The highest BCUT2D eigenvalue weighted by molar-refractivity contribution is 6.18. The number of halogens is 1. The Labute approximate surface area is 125 Å². The molecule has 2 unspecified atom stereocenters. The van der Waals surface area contributed by atoms with Crippen LogP contribution in [-0.2, 0) is 0 Å². The van der Waals surface area contributed by atoms with E-state index in [9.17, 15) is 4.79 Å². The van der Waals surface area contributed by atoms with Gasteiger partial charge in [0.05, 0.1) is 6.10 Å². The Bertz CT molecular complexity index is 458. The summed E-state index contributed by atoms with van der Waals surface area (Å²) < 4.78 is 5.59. The fraction of sp³-hybridized carbons (Fsp3) is 0.562. The first-order valence-electron chi connectivity index (χ1n) is 7.16. The van der Waals surface area contributed by atoms with Gasteiger partial charge in [0.25, 0.3) is 5.91 Å². The molecule has 1 aromatic carbocycles. The first-order chi connectivity index (χ1) is 9.52. The molecule has 0 aliphatic carbocycles. The SMILES string of the molecule is CC(C)Oc1ccc(C(=O)N2CCC(C)C2CCl)cc1. The maximum Gasteiger partial charge on any atom is 0.254 e. The van der Waals surface area contributed by atoms with E-state index in [0.717, 1.165) is 18.7 Å². The third-order valence-electron chi connectivity index (χ3n) is 3.77. The summed E-state index contributed by atoms with van der Waals surface area (Å²) in [5.74, 6) is 1.83. The van der Waals surface area contributed by atoms with E-state index < -0.39 is 0 Å². The van der Waals surface area contributed by atoms with Gasteiger partial charge in [0.2, 0.25) is 0 Å². The van der Waals surface area contributed by atoms with E-state index in [4.69, 9.17) is 16.3 Å². The Morgan fingerprint density at radius 2 is 2.05 bits per heavy atom. The van der Waals surface area contributed by atoms with Crippen LogP contribution in [0.3, 0.4) is 0 Å². The van der Waals surface area contributed by atoms with Gasteiger partial charge in [0.1, 0.15) is 5.75 Å². The van der Waals surface area contributed by atoms with E-state index in [1.54, 1.807) is 0 Å². The summed E-state index contributed by atoms with van der Waals surface area (Å²) in [7, 11) is 0. The van der Waals surface area contributed by atoms with Gasteiger partial charge in [0.15, 0.2) is 0 Å². The van der Waals surface area contributed by atoms with Crippen molar-refractivity contribution < 1.29 is 9.53 Å². The lowest BCUT2D eigenvalue weighted by molar-refractivity contribution is 0.0737. The predicted molar refractivity (Wildman–Crippen MR) is 81.5 cm³/mol. The van der Waals surface area contributed by atoms with Crippen LogP contribution >= 0.6 is 11.6 Å². The first kappa shape index (κ1) is 15.2. The van der Waals surface area contributed by atoms with Crippen LogP contribution in [0.2, 0.25) is 0 Å². The molecule has 1 aliphatic heterocycles. The Hall–Kier alpha value is -1.22. The number of benzene rings is 1. The minimum absolute atomic E-state index is 0.0658. The molecule has 1 fully saturated rings. The Kier molecular flexibility index (Phi) is 4.92. The number of hydrogen-bond acceptors (Lipinski definition) is 2. The van der Waals surface area contributed by atoms with Crippen molar-refractivity contribution >= 4 is 17.5 Å². The average molecular weight is 296 g/mol. The summed E-state index contributed by atoms with van der Waals surface area (Å²) in [6, 6.07) is 7.50. The molecule has 2 atom stereocenters. The molecule has 0 aromatic heterocycles. The third-order valence-corrected chi connectivity index (χ3v) is 4.09. The van der Waals surface area contributed by atoms with Crippen molar-refractivity contribution in [2.75, 3.05) is 12.4 Å². The molecule has 1 heterocycles. The van der Waals surface area contributed by atoms with E-state index in [2.05, 4.69) is 6.92 Å². The standard InChI is InChI=1S/C16H22ClNO2/c1-11(2)20-14-6-4-13(5-7-14)16(19)18-9-8-12(3)15(18)10-17/h4-7,11-12,15H,8-10H2,1-3H3. The average Bonchev–Trinajstić information content (AvgIpc) is 2.79. The number of alkyl halides is 1. The molecule has 0 spiro atoms. The highest BCUT2D eigenvalue weighted by Gasteiger charge is 2.34. The van der Waals surface area contributed by atoms with Crippen LogP contribution in [0.5, 0.6) is 5.75 Å². The lowest BCUT2D eigenvalue weighted by atomic mass is 10.0. The number of amides is 1. The van der Waals surface area contributed by atoms with Gasteiger partial charge in [-0.1, -0.05) is 6.92 Å².